The summed E-state index contributed by atoms with van der Waals surface area (Å²) in [5, 5.41) is 0.634. The molecule has 2 aromatic rings. The van der Waals surface area contributed by atoms with E-state index in [0.29, 0.717) is 5.02 Å². The van der Waals surface area contributed by atoms with Crippen LogP contribution in [0, 0.1) is 0 Å². The van der Waals surface area contributed by atoms with E-state index < -0.39 is 0 Å². The van der Waals surface area contributed by atoms with Gasteiger partial charge in [-0.1, -0.05) is 17.7 Å². The molecule has 0 saturated carbocycles. The predicted octanol–water partition coefficient (Wildman–Crippen LogP) is 2.86. The third kappa shape index (κ3) is 1.89. The Morgan fingerprint density at radius 1 is 1.22 bits per heavy atom. The molecule has 0 amide bonds. The monoisotopic (exact) mass is 259 g/mol. The molecule has 0 spiro atoms. The molecular formula is C14H14ClN3. The van der Waals surface area contributed by atoms with Crippen LogP contribution in [0.2, 0.25) is 5.02 Å². The molecule has 92 valence electrons. The van der Waals surface area contributed by atoms with E-state index in [1.165, 1.54) is 5.56 Å². The topological polar surface area (TPSA) is 51.8 Å². The fraction of sp³-hybridized carbons (Fsp3) is 0.286. The Morgan fingerprint density at radius 2 is 2.00 bits per heavy atom. The fourth-order valence-corrected chi connectivity index (χ4v) is 2.87. The number of hydrogen-bond acceptors (Lipinski definition) is 3. The van der Waals surface area contributed by atoms with E-state index in [9.17, 15) is 0 Å². The molecule has 0 radical (unpaired) electrons. The lowest BCUT2D eigenvalue weighted by Crippen LogP contribution is -2.20. The van der Waals surface area contributed by atoms with Gasteiger partial charge in [0.2, 0.25) is 0 Å². The summed E-state index contributed by atoms with van der Waals surface area (Å²) in [7, 11) is 0. The molecular weight excluding hydrogens is 246 g/mol. The van der Waals surface area contributed by atoms with Gasteiger partial charge in [-0.05, 0) is 36.6 Å². The molecule has 3 rings (SSSR count). The van der Waals surface area contributed by atoms with Gasteiger partial charge in [-0.3, -0.25) is 9.97 Å². The van der Waals surface area contributed by atoms with Crippen LogP contribution in [0.1, 0.15) is 35.3 Å². The first-order valence-corrected chi connectivity index (χ1v) is 6.45. The van der Waals surface area contributed by atoms with Crippen molar-refractivity contribution < 1.29 is 0 Å². The molecule has 18 heavy (non-hydrogen) atoms. The minimum absolute atomic E-state index is 0.185. The van der Waals surface area contributed by atoms with Crippen LogP contribution in [-0.2, 0) is 6.42 Å². The molecule has 0 aromatic carbocycles. The maximum atomic E-state index is 6.33. The van der Waals surface area contributed by atoms with Crippen molar-refractivity contribution in [3.8, 4) is 0 Å². The zero-order valence-electron chi connectivity index (χ0n) is 9.88. The summed E-state index contributed by atoms with van der Waals surface area (Å²) < 4.78 is 0. The van der Waals surface area contributed by atoms with Crippen molar-refractivity contribution in [2.24, 2.45) is 5.73 Å². The molecule has 2 atom stereocenters. The Labute approximate surface area is 111 Å². The van der Waals surface area contributed by atoms with Gasteiger partial charge in [0.25, 0.3) is 0 Å². The van der Waals surface area contributed by atoms with E-state index in [0.717, 1.165) is 24.2 Å². The number of fused-ring (bicyclic) bond motifs is 1. The van der Waals surface area contributed by atoms with Gasteiger partial charge in [-0.15, -0.1) is 0 Å². The van der Waals surface area contributed by atoms with E-state index >= 15 is 0 Å². The third-order valence-corrected chi connectivity index (χ3v) is 3.86. The summed E-state index contributed by atoms with van der Waals surface area (Å²) in [6.45, 7) is 0. The lowest BCUT2D eigenvalue weighted by atomic mass is 9.94. The lowest BCUT2D eigenvalue weighted by Gasteiger charge is -2.19. The summed E-state index contributed by atoms with van der Waals surface area (Å²) in [6.07, 6.45) is 5.60. The van der Waals surface area contributed by atoms with Crippen molar-refractivity contribution in [2.45, 2.75) is 24.8 Å². The summed E-state index contributed by atoms with van der Waals surface area (Å²) in [5.74, 6) is 0.216. The number of nitrogens with two attached hydrogens (primary N) is 1. The first-order valence-electron chi connectivity index (χ1n) is 6.07. The molecule has 4 heteroatoms. The number of aryl methyl sites for hydroxylation is 1. The van der Waals surface area contributed by atoms with Crippen LogP contribution in [0.4, 0.5) is 0 Å². The number of halogens is 1. The van der Waals surface area contributed by atoms with Crippen molar-refractivity contribution in [2.75, 3.05) is 0 Å². The van der Waals surface area contributed by atoms with Crippen LogP contribution in [-0.4, -0.2) is 9.97 Å². The first-order chi connectivity index (χ1) is 8.77. The third-order valence-electron chi connectivity index (χ3n) is 3.54. The second kappa shape index (κ2) is 4.67. The maximum absolute atomic E-state index is 6.33. The normalized spacial score (nSPS) is 19.6. The quantitative estimate of drug-likeness (QED) is 0.902. The highest BCUT2D eigenvalue weighted by atomic mass is 35.5. The van der Waals surface area contributed by atoms with Crippen molar-refractivity contribution in [1.29, 1.82) is 0 Å². The lowest BCUT2D eigenvalue weighted by molar-refractivity contribution is 0.530. The molecule has 2 aromatic heterocycles. The Hall–Kier alpha value is -1.45. The number of hydrogen-bond donors (Lipinski definition) is 1. The van der Waals surface area contributed by atoms with Gasteiger partial charge in [-0.25, -0.2) is 0 Å². The zero-order chi connectivity index (χ0) is 12.5. The van der Waals surface area contributed by atoms with E-state index in [1.54, 1.807) is 6.20 Å². The second-order valence-electron chi connectivity index (χ2n) is 4.59. The Morgan fingerprint density at radius 3 is 2.83 bits per heavy atom. The summed E-state index contributed by atoms with van der Waals surface area (Å²) in [5.41, 5.74) is 9.50. The van der Waals surface area contributed by atoms with Gasteiger partial charge in [0.1, 0.15) is 0 Å². The molecule has 1 aliphatic carbocycles. The van der Waals surface area contributed by atoms with Gasteiger partial charge < -0.3 is 5.73 Å². The predicted molar refractivity (Wildman–Crippen MR) is 71.5 cm³/mol. The Bertz CT molecular complexity index is 570. The highest BCUT2D eigenvalue weighted by Gasteiger charge is 2.31. The van der Waals surface area contributed by atoms with Gasteiger partial charge in [0.05, 0.1) is 16.8 Å². The minimum atomic E-state index is -0.185. The van der Waals surface area contributed by atoms with Crippen molar-refractivity contribution in [1.82, 2.24) is 9.97 Å². The van der Waals surface area contributed by atoms with Gasteiger partial charge >= 0.3 is 0 Å². The van der Waals surface area contributed by atoms with Gasteiger partial charge in [0.15, 0.2) is 0 Å². The van der Waals surface area contributed by atoms with Crippen LogP contribution in [0.15, 0.2) is 36.7 Å². The molecule has 0 fully saturated rings. The molecule has 2 N–H and O–H groups in total. The van der Waals surface area contributed by atoms with Crippen LogP contribution in [0.5, 0.6) is 0 Å². The fourth-order valence-electron chi connectivity index (χ4n) is 2.63. The van der Waals surface area contributed by atoms with Crippen LogP contribution >= 0.6 is 11.6 Å². The average Bonchev–Trinajstić information content (AvgIpc) is 2.82. The summed E-state index contributed by atoms with van der Waals surface area (Å²) in [6, 6.07) is 7.56. The Kier molecular flexibility index (Phi) is 3.02. The molecule has 0 saturated heterocycles. The van der Waals surface area contributed by atoms with Crippen LogP contribution < -0.4 is 5.73 Å². The highest BCUT2D eigenvalue weighted by molar-refractivity contribution is 6.31. The molecule has 0 bridgehead atoms. The number of nitrogens with zero attached hydrogens (tertiary/aromatic N) is 2. The zero-order valence-corrected chi connectivity index (χ0v) is 10.6. The SMILES string of the molecule is NC(c1ncccc1Cl)C1CCc2cccnc21. The van der Waals surface area contributed by atoms with E-state index in [-0.39, 0.29) is 12.0 Å². The number of rotatable bonds is 2. The van der Waals surface area contributed by atoms with Gasteiger partial charge in [0, 0.05) is 24.0 Å². The summed E-state index contributed by atoms with van der Waals surface area (Å²) >= 11 is 6.16. The minimum Gasteiger partial charge on any atom is -0.322 e. The molecule has 1 aliphatic rings. The van der Waals surface area contributed by atoms with Gasteiger partial charge in [-0.2, -0.15) is 0 Å². The molecule has 2 unspecified atom stereocenters. The molecule has 0 aliphatic heterocycles. The second-order valence-corrected chi connectivity index (χ2v) is 5.00. The van der Waals surface area contributed by atoms with E-state index in [4.69, 9.17) is 17.3 Å². The van der Waals surface area contributed by atoms with Crippen molar-refractivity contribution >= 4 is 11.6 Å². The van der Waals surface area contributed by atoms with Crippen molar-refractivity contribution in [3.63, 3.8) is 0 Å². The molecule has 2 heterocycles. The smallest absolute Gasteiger partial charge is 0.0763 e. The maximum Gasteiger partial charge on any atom is 0.0763 e. The van der Waals surface area contributed by atoms with Crippen LogP contribution in [0.25, 0.3) is 0 Å². The largest absolute Gasteiger partial charge is 0.322 e. The van der Waals surface area contributed by atoms with Crippen LogP contribution in [0.3, 0.4) is 0 Å². The van der Waals surface area contributed by atoms with E-state index in [1.807, 2.05) is 24.4 Å². The average molecular weight is 260 g/mol. The number of pyridine rings is 2. The summed E-state index contributed by atoms with van der Waals surface area (Å²) in [4.78, 5) is 8.78. The Balaban J connectivity index is 1.96. The standard InChI is InChI=1S/C14H14ClN3/c15-11-4-2-8-18-14(11)12(16)10-6-5-9-3-1-7-17-13(9)10/h1-4,7-8,10,12H,5-6,16H2. The van der Waals surface area contributed by atoms with Crippen molar-refractivity contribution in [3.05, 3.63) is 58.6 Å². The first kappa shape index (κ1) is 11.6. The highest BCUT2D eigenvalue weighted by Crippen LogP contribution is 2.39. The molecule has 3 nitrogen and oxygen atoms in total. The number of aromatic nitrogens is 2. The van der Waals surface area contributed by atoms with E-state index in [2.05, 4.69) is 16.0 Å².